The standard InChI is InChI=1S/C17H25N3O2/c1-2-3-9-20-14-6-10-19(11-13(14)4-5-15(20)21)16(22)17(12-18)7-8-17/h13-14H,2-11H2,1H3. The Kier molecular flexibility index (Phi) is 4.12. The number of carbonyl (C=O) groups excluding carboxylic acids is 2. The third-order valence-corrected chi connectivity index (χ3v) is 5.56. The van der Waals surface area contributed by atoms with Gasteiger partial charge in [-0.25, -0.2) is 0 Å². The van der Waals surface area contributed by atoms with Gasteiger partial charge >= 0.3 is 0 Å². The minimum Gasteiger partial charge on any atom is -0.341 e. The molecular weight excluding hydrogens is 278 g/mol. The molecule has 0 bridgehead atoms. The van der Waals surface area contributed by atoms with Crippen molar-refractivity contribution in [3.8, 4) is 6.07 Å². The van der Waals surface area contributed by atoms with Crippen LogP contribution >= 0.6 is 0 Å². The van der Waals surface area contributed by atoms with E-state index in [1.807, 2.05) is 4.90 Å². The zero-order chi connectivity index (χ0) is 15.7. The first kappa shape index (κ1) is 15.3. The van der Waals surface area contributed by atoms with Gasteiger partial charge < -0.3 is 9.80 Å². The van der Waals surface area contributed by atoms with Gasteiger partial charge in [-0.15, -0.1) is 0 Å². The fourth-order valence-electron chi connectivity index (χ4n) is 3.96. The highest BCUT2D eigenvalue weighted by Gasteiger charge is 2.53. The van der Waals surface area contributed by atoms with Crippen LogP contribution in [0, 0.1) is 22.7 Å². The summed E-state index contributed by atoms with van der Waals surface area (Å²) in [5.41, 5.74) is -0.709. The molecule has 5 nitrogen and oxygen atoms in total. The van der Waals surface area contributed by atoms with Crippen LogP contribution in [0.15, 0.2) is 0 Å². The van der Waals surface area contributed by atoms with Gasteiger partial charge in [0.05, 0.1) is 6.07 Å². The predicted octanol–water partition coefficient (Wildman–Crippen LogP) is 1.93. The molecule has 2 saturated heterocycles. The van der Waals surface area contributed by atoms with Gasteiger partial charge in [0.25, 0.3) is 0 Å². The fraction of sp³-hybridized carbons (Fsp3) is 0.824. The smallest absolute Gasteiger partial charge is 0.243 e. The van der Waals surface area contributed by atoms with Crippen LogP contribution in [0.2, 0.25) is 0 Å². The number of carbonyl (C=O) groups is 2. The van der Waals surface area contributed by atoms with Gasteiger partial charge in [-0.1, -0.05) is 13.3 Å². The summed E-state index contributed by atoms with van der Waals surface area (Å²) in [4.78, 5) is 28.7. The van der Waals surface area contributed by atoms with Crippen molar-refractivity contribution in [2.75, 3.05) is 19.6 Å². The summed E-state index contributed by atoms with van der Waals surface area (Å²) in [5.74, 6) is 0.706. The zero-order valence-electron chi connectivity index (χ0n) is 13.4. The molecule has 0 N–H and O–H groups in total. The average molecular weight is 303 g/mol. The number of piperidine rings is 2. The Morgan fingerprint density at radius 3 is 2.82 bits per heavy atom. The molecule has 3 fully saturated rings. The number of nitriles is 1. The number of likely N-dealkylation sites (tertiary alicyclic amines) is 2. The molecule has 2 aliphatic heterocycles. The quantitative estimate of drug-likeness (QED) is 0.797. The first-order valence-corrected chi connectivity index (χ1v) is 8.61. The number of hydrogen-bond acceptors (Lipinski definition) is 3. The minimum absolute atomic E-state index is 0.0328. The van der Waals surface area contributed by atoms with E-state index in [0.29, 0.717) is 37.8 Å². The van der Waals surface area contributed by atoms with Gasteiger partial charge in [-0.05, 0) is 38.0 Å². The molecule has 3 rings (SSSR count). The highest BCUT2D eigenvalue weighted by atomic mass is 16.2. The van der Waals surface area contributed by atoms with E-state index in [0.717, 1.165) is 38.8 Å². The van der Waals surface area contributed by atoms with Crippen molar-refractivity contribution in [3.05, 3.63) is 0 Å². The Hall–Kier alpha value is -1.57. The molecule has 0 aromatic rings. The maximum atomic E-state index is 12.5. The van der Waals surface area contributed by atoms with Crippen LogP contribution < -0.4 is 0 Å². The predicted molar refractivity (Wildman–Crippen MR) is 81.6 cm³/mol. The maximum absolute atomic E-state index is 12.5. The lowest BCUT2D eigenvalue weighted by Crippen LogP contribution is -2.57. The summed E-state index contributed by atoms with van der Waals surface area (Å²) in [5, 5.41) is 9.21. The van der Waals surface area contributed by atoms with Gasteiger partial charge in [0, 0.05) is 32.1 Å². The van der Waals surface area contributed by atoms with Crippen LogP contribution in [0.1, 0.15) is 51.9 Å². The van der Waals surface area contributed by atoms with Crippen molar-refractivity contribution < 1.29 is 9.59 Å². The number of hydrogen-bond donors (Lipinski definition) is 0. The normalized spacial score (nSPS) is 29.7. The molecule has 0 radical (unpaired) electrons. The third-order valence-electron chi connectivity index (χ3n) is 5.56. The lowest BCUT2D eigenvalue weighted by atomic mass is 9.83. The van der Waals surface area contributed by atoms with Crippen molar-refractivity contribution in [3.63, 3.8) is 0 Å². The molecule has 2 amide bonds. The molecule has 0 aromatic carbocycles. The Balaban J connectivity index is 1.65. The molecule has 120 valence electrons. The van der Waals surface area contributed by atoms with Crippen molar-refractivity contribution in [1.82, 2.24) is 9.80 Å². The second kappa shape index (κ2) is 5.91. The summed E-state index contributed by atoms with van der Waals surface area (Å²) in [6.07, 6.45) is 5.94. The molecule has 0 aromatic heterocycles. The molecular formula is C17H25N3O2. The van der Waals surface area contributed by atoms with E-state index in [1.165, 1.54) is 0 Å². The fourth-order valence-corrected chi connectivity index (χ4v) is 3.96. The third kappa shape index (κ3) is 2.60. The summed E-state index contributed by atoms with van der Waals surface area (Å²) < 4.78 is 0. The molecule has 2 unspecified atom stereocenters. The number of fused-ring (bicyclic) bond motifs is 1. The number of amides is 2. The second-order valence-corrected chi connectivity index (χ2v) is 7.04. The molecule has 0 spiro atoms. The van der Waals surface area contributed by atoms with E-state index in [4.69, 9.17) is 0 Å². The van der Waals surface area contributed by atoms with Gasteiger partial charge in [0.15, 0.2) is 0 Å². The zero-order valence-corrected chi connectivity index (χ0v) is 13.4. The second-order valence-electron chi connectivity index (χ2n) is 7.04. The average Bonchev–Trinajstić information content (AvgIpc) is 3.34. The molecule has 2 atom stereocenters. The lowest BCUT2D eigenvalue weighted by molar-refractivity contribution is -0.145. The Bertz CT molecular complexity index is 507. The van der Waals surface area contributed by atoms with E-state index in [-0.39, 0.29) is 11.8 Å². The van der Waals surface area contributed by atoms with E-state index in [9.17, 15) is 14.9 Å². The van der Waals surface area contributed by atoms with Crippen LogP contribution in [0.4, 0.5) is 0 Å². The summed E-state index contributed by atoms with van der Waals surface area (Å²) >= 11 is 0. The van der Waals surface area contributed by atoms with Crippen molar-refractivity contribution in [2.45, 2.75) is 57.9 Å². The molecule has 3 aliphatic rings. The minimum atomic E-state index is -0.709. The van der Waals surface area contributed by atoms with Gasteiger partial charge in [0.2, 0.25) is 11.8 Å². The monoisotopic (exact) mass is 303 g/mol. The van der Waals surface area contributed by atoms with Gasteiger partial charge in [-0.2, -0.15) is 5.26 Å². The van der Waals surface area contributed by atoms with E-state index < -0.39 is 5.41 Å². The first-order valence-electron chi connectivity index (χ1n) is 8.61. The Morgan fingerprint density at radius 1 is 1.41 bits per heavy atom. The topological polar surface area (TPSA) is 64.4 Å². The lowest BCUT2D eigenvalue weighted by Gasteiger charge is -2.47. The highest BCUT2D eigenvalue weighted by Crippen LogP contribution is 2.47. The molecule has 2 heterocycles. The number of rotatable bonds is 4. The molecule has 5 heteroatoms. The van der Waals surface area contributed by atoms with Crippen LogP contribution in [-0.2, 0) is 9.59 Å². The van der Waals surface area contributed by atoms with Crippen molar-refractivity contribution >= 4 is 11.8 Å². The maximum Gasteiger partial charge on any atom is 0.243 e. The number of nitrogens with zero attached hydrogens (tertiary/aromatic N) is 3. The molecule has 1 saturated carbocycles. The first-order chi connectivity index (χ1) is 10.6. The van der Waals surface area contributed by atoms with Crippen LogP contribution in [0.25, 0.3) is 0 Å². The SMILES string of the molecule is CCCCN1C(=O)CCC2CN(C(=O)C3(C#N)CC3)CCC21. The molecule has 22 heavy (non-hydrogen) atoms. The van der Waals surface area contributed by atoms with Crippen LogP contribution in [0.5, 0.6) is 0 Å². The van der Waals surface area contributed by atoms with E-state index in [1.54, 1.807) is 0 Å². The Morgan fingerprint density at radius 2 is 2.18 bits per heavy atom. The summed E-state index contributed by atoms with van der Waals surface area (Å²) in [7, 11) is 0. The highest BCUT2D eigenvalue weighted by molar-refractivity contribution is 5.88. The van der Waals surface area contributed by atoms with E-state index >= 15 is 0 Å². The van der Waals surface area contributed by atoms with E-state index in [2.05, 4.69) is 17.9 Å². The molecule has 1 aliphatic carbocycles. The van der Waals surface area contributed by atoms with Crippen LogP contribution in [0.3, 0.4) is 0 Å². The van der Waals surface area contributed by atoms with Crippen molar-refractivity contribution in [1.29, 1.82) is 5.26 Å². The Labute approximate surface area is 132 Å². The van der Waals surface area contributed by atoms with Gasteiger partial charge in [0.1, 0.15) is 5.41 Å². The van der Waals surface area contributed by atoms with Crippen molar-refractivity contribution in [2.24, 2.45) is 11.3 Å². The van der Waals surface area contributed by atoms with Crippen LogP contribution in [-0.4, -0.2) is 47.3 Å². The summed E-state index contributed by atoms with van der Waals surface area (Å²) in [6, 6.07) is 2.51. The summed E-state index contributed by atoms with van der Waals surface area (Å²) in [6.45, 7) is 4.42. The van der Waals surface area contributed by atoms with Gasteiger partial charge in [-0.3, -0.25) is 9.59 Å². The largest absolute Gasteiger partial charge is 0.341 e. The number of unbranched alkanes of at least 4 members (excludes halogenated alkanes) is 1.